The van der Waals surface area contributed by atoms with Crippen molar-refractivity contribution in [2.75, 3.05) is 19.6 Å². The molecule has 0 saturated carbocycles. The molecular weight excluding hydrogens is 420 g/mol. The van der Waals surface area contributed by atoms with Gasteiger partial charge < -0.3 is 14.6 Å². The van der Waals surface area contributed by atoms with E-state index >= 15 is 0 Å². The van der Waals surface area contributed by atoms with Crippen LogP contribution in [0.5, 0.6) is 0 Å². The van der Waals surface area contributed by atoms with Gasteiger partial charge >= 0.3 is 0 Å². The van der Waals surface area contributed by atoms with E-state index < -0.39 is 0 Å². The summed E-state index contributed by atoms with van der Waals surface area (Å²) in [6, 6.07) is 8.48. The van der Waals surface area contributed by atoms with Gasteiger partial charge in [0.1, 0.15) is 11.5 Å². The van der Waals surface area contributed by atoms with Crippen molar-refractivity contribution in [2.24, 2.45) is 18.9 Å². The van der Waals surface area contributed by atoms with Crippen LogP contribution in [0.15, 0.2) is 55.2 Å². The number of likely N-dealkylation sites (tertiary alicyclic amines) is 2. The molecule has 1 N–H and O–H groups in total. The maximum absolute atomic E-state index is 13.4. The summed E-state index contributed by atoms with van der Waals surface area (Å²) in [6.07, 6.45) is 8.59. The first-order valence-electron chi connectivity index (χ1n) is 10.9. The first-order chi connectivity index (χ1) is 16.0. The Morgan fingerprint density at radius 3 is 2.61 bits per heavy atom. The predicted octanol–water partition coefficient (Wildman–Crippen LogP) is 2.16. The van der Waals surface area contributed by atoms with E-state index in [4.69, 9.17) is 9.90 Å². The van der Waals surface area contributed by atoms with Crippen LogP contribution < -0.4 is 0 Å². The Labute approximate surface area is 192 Å². The number of aromatic nitrogens is 4. The van der Waals surface area contributed by atoms with Gasteiger partial charge in [-0.15, -0.1) is 0 Å². The lowest BCUT2D eigenvalue weighted by Crippen LogP contribution is -2.36. The Kier molecular flexibility index (Phi) is 6.79. The van der Waals surface area contributed by atoms with E-state index in [-0.39, 0.29) is 18.4 Å². The highest BCUT2D eigenvalue weighted by Crippen LogP contribution is 2.46. The Balaban J connectivity index is 0.000000821. The molecule has 0 aliphatic carbocycles. The van der Waals surface area contributed by atoms with E-state index in [1.807, 2.05) is 24.3 Å². The number of fused-ring (bicyclic) bond motifs is 1. The summed E-state index contributed by atoms with van der Waals surface area (Å²) in [5.41, 5.74) is 2.88. The van der Waals surface area contributed by atoms with Gasteiger partial charge in [-0.25, -0.2) is 9.97 Å². The zero-order chi connectivity index (χ0) is 23.4. The summed E-state index contributed by atoms with van der Waals surface area (Å²) in [7, 11) is 2.04. The molecule has 0 unspecified atom stereocenters. The molecule has 2 aromatic heterocycles. The second kappa shape index (κ2) is 9.91. The maximum Gasteiger partial charge on any atom is 0.290 e. The van der Waals surface area contributed by atoms with E-state index in [0.29, 0.717) is 17.5 Å². The predicted molar refractivity (Wildman–Crippen MR) is 121 cm³/mol. The molecule has 5 rings (SSSR count). The lowest BCUT2D eigenvalue weighted by atomic mass is 9.87. The number of nitrogens with zero attached hydrogens (tertiary/aromatic N) is 6. The second-order valence-electron chi connectivity index (χ2n) is 8.53. The van der Waals surface area contributed by atoms with Crippen molar-refractivity contribution in [1.82, 2.24) is 29.3 Å². The highest BCUT2D eigenvalue weighted by atomic mass is 16.3. The molecular formula is C24H28N6O3. The van der Waals surface area contributed by atoms with Crippen LogP contribution in [-0.2, 0) is 18.4 Å². The Bertz CT molecular complexity index is 1100. The highest BCUT2D eigenvalue weighted by Gasteiger charge is 2.49. The van der Waals surface area contributed by atoms with E-state index in [0.717, 1.165) is 32.0 Å². The topological polar surface area (TPSA) is 104 Å². The van der Waals surface area contributed by atoms with Crippen LogP contribution in [0.3, 0.4) is 0 Å². The third kappa shape index (κ3) is 4.63. The first kappa shape index (κ1) is 22.6. The average Bonchev–Trinajstić information content (AvgIpc) is 3.50. The molecule has 0 bridgehead atoms. The largest absolute Gasteiger partial charge is 0.483 e. The van der Waals surface area contributed by atoms with Crippen LogP contribution in [0.4, 0.5) is 0 Å². The number of carbonyl (C=O) groups is 2. The SMILES string of the molecule is Cc1ccccc1[C@@H]1[C@H]2CN(Cc3nccn3C)C[C@H]2CN1C(=O)c1cnccn1.O=CO. The zero-order valence-electron chi connectivity index (χ0n) is 18.8. The summed E-state index contributed by atoms with van der Waals surface area (Å²) in [4.78, 5) is 39.1. The van der Waals surface area contributed by atoms with Crippen molar-refractivity contribution in [3.05, 3.63) is 77.9 Å². The van der Waals surface area contributed by atoms with E-state index in [1.54, 1.807) is 18.6 Å². The van der Waals surface area contributed by atoms with Gasteiger partial charge in [0.25, 0.3) is 12.4 Å². The molecule has 1 aromatic carbocycles. The fourth-order valence-corrected chi connectivity index (χ4v) is 5.10. The minimum absolute atomic E-state index is 0.0265. The normalized spacial score (nSPS) is 21.9. The number of hydrogen-bond acceptors (Lipinski definition) is 6. The van der Waals surface area contributed by atoms with Crippen LogP contribution in [0.25, 0.3) is 0 Å². The third-order valence-corrected chi connectivity index (χ3v) is 6.58. The number of carboxylic acid groups (broad SMARTS) is 1. The number of imidazole rings is 1. The van der Waals surface area contributed by atoms with E-state index in [2.05, 4.69) is 55.6 Å². The fourth-order valence-electron chi connectivity index (χ4n) is 5.10. The van der Waals surface area contributed by atoms with Crippen LogP contribution in [-0.4, -0.2) is 66.4 Å². The summed E-state index contributed by atoms with van der Waals surface area (Å²) in [5, 5.41) is 6.89. The third-order valence-electron chi connectivity index (χ3n) is 6.58. The number of benzene rings is 1. The number of aryl methyl sites for hydroxylation is 2. The first-order valence-corrected chi connectivity index (χ1v) is 10.9. The van der Waals surface area contributed by atoms with Crippen molar-refractivity contribution in [1.29, 1.82) is 0 Å². The molecule has 172 valence electrons. The molecule has 2 fully saturated rings. The maximum atomic E-state index is 13.4. The highest BCUT2D eigenvalue weighted by molar-refractivity contribution is 5.92. The molecule has 0 radical (unpaired) electrons. The molecule has 33 heavy (non-hydrogen) atoms. The lowest BCUT2D eigenvalue weighted by Gasteiger charge is -2.30. The van der Waals surface area contributed by atoms with Crippen LogP contribution >= 0.6 is 0 Å². The number of amides is 1. The summed E-state index contributed by atoms with van der Waals surface area (Å²) in [5.74, 6) is 1.89. The summed E-state index contributed by atoms with van der Waals surface area (Å²) < 4.78 is 2.08. The van der Waals surface area contributed by atoms with Crippen LogP contribution in [0.1, 0.15) is 33.5 Å². The van der Waals surface area contributed by atoms with Crippen molar-refractivity contribution in [3.8, 4) is 0 Å². The smallest absolute Gasteiger partial charge is 0.290 e. The van der Waals surface area contributed by atoms with E-state index in [1.165, 1.54) is 11.1 Å². The van der Waals surface area contributed by atoms with Gasteiger partial charge in [-0.05, 0) is 24.0 Å². The molecule has 1 amide bonds. The lowest BCUT2D eigenvalue weighted by molar-refractivity contribution is -0.122. The molecule has 2 aliphatic rings. The fraction of sp³-hybridized carbons (Fsp3) is 0.375. The molecule has 4 heterocycles. The van der Waals surface area contributed by atoms with E-state index in [9.17, 15) is 4.79 Å². The van der Waals surface area contributed by atoms with Gasteiger partial charge in [-0.1, -0.05) is 24.3 Å². The molecule has 0 spiro atoms. The minimum atomic E-state index is -0.250. The van der Waals surface area contributed by atoms with Gasteiger partial charge in [0, 0.05) is 57.4 Å². The van der Waals surface area contributed by atoms with Gasteiger partial charge in [0.2, 0.25) is 0 Å². The Morgan fingerprint density at radius 2 is 1.94 bits per heavy atom. The molecule has 9 nitrogen and oxygen atoms in total. The zero-order valence-corrected chi connectivity index (χ0v) is 18.8. The molecule has 9 heteroatoms. The van der Waals surface area contributed by atoms with Gasteiger partial charge in [-0.2, -0.15) is 0 Å². The summed E-state index contributed by atoms with van der Waals surface area (Å²) in [6.45, 7) is 5.41. The van der Waals surface area contributed by atoms with Gasteiger partial charge in [0.15, 0.2) is 0 Å². The van der Waals surface area contributed by atoms with Crippen molar-refractivity contribution < 1.29 is 14.7 Å². The molecule has 2 saturated heterocycles. The van der Waals surface area contributed by atoms with Crippen LogP contribution in [0, 0.1) is 18.8 Å². The van der Waals surface area contributed by atoms with Gasteiger partial charge in [-0.3, -0.25) is 19.5 Å². The van der Waals surface area contributed by atoms with Gasteiger partial charge in [0.05, 0.1) is 18.8 Å². The van der Waals surface area contributed by atoms with Crippen molar-refractivity contribution >= 4 is 12.4 Å². The minimum Gasteiger partial charge on any atom is -0.483 e. The average molecular weight is 449 g/mol. The van der Waals surface area contributed by atoms with Crippen LogP contribution in [0.2, 0.25) is 0 Å². The number of rotatable bonds is 4. The standard InChI is InChI=1S/C23H26N6O.CH2O2/c1-16-5-3-4-6-18(16)22-19-14-28(15-21-26-9-10-27(21)2)12-17(19)13-29(22)23(30)20-11-24-7-8-25-20;2-1-3/h3-11,17,19,22H,12-15H2,1-2H3;1H,(H,2,3)/t17-,19-,22+;/m0./s1. The van der Waals surface area contributed by atoms with Crippen molar-refractivity contribution in [2.45, 2.75) is 19.5 Å². The summed E-state index contributed by atoms with van der Waals surface area (Å²) >= 11 is 0. The molecule has 2 aliphatic heterocycles. The Morgan fingerprint density at radius 1 is 1.15 bits per heavy atom. The Hall–Kier alpha value is -3.59. The molecule has 3 aromatic rings. The molecule has 3 atom stereocenters. The number of carbonyl (C=O) groups excluding carboxylic acids is 1. The quantitative estimate of drug-likeness (QED) is 0.610. The number of hydrogen-bond donors (Lipinski definition) is 1. The second-order valence-corrected chi connectivity index (χ2v) is 8.53. The monoisotopic (exact) mass is 448 g/mol. The van der Waals surface area contributed by atoms with Crippen molar-refractivity contribution in [3.63, 3.8) is 0 Å².